The second-order valence-electron chi connectivity index (χ2n) is 7.40. The van der Waals surface area contributed by atoms with E-state index in [9.17, 15) is 9.59 Å². The molecule has 1 aliphatic rings. The zero-order chi connectivity index (χ0) is 21.1. The summed E-state index contributed by atoms with van der Waals surface area (Å²) >= 11 is 5.96. The van der Waals surface area contributed by atoms with Crippen molar-refractivity contribution in [3.05, 3.63) is 75.9 Å². The van der Waals surface area contributed by atoms with E-state index in [0.717, 1.165) is 40.7 Å². The van der Waals surface area contributed by atoms with Crippen LogP contribution >= 0.6 is 11.6 Å². The number of rotatable bonds is 5. The van der Waals surface area contributed by atoms with Crippen LogP contribution in [0.1, 0.15) is 27.2 Å². The zero-order valence-corrected chi connectivity index (χ0v) is 17.4. The Labute approximate surface area is 179 Å². The van der Waals surface area contributed by atoms with Crippen molar-refractivity contribution >= 4 is 34.4 Å². The Bertz CT molecular complexity index is 1120. The van der Waals surface area contributed by atoms with E-state index in [1.54, 1.807) is 12.1 Å². The molecule has 1 aromatic heterocycles. The van der Waals surface area contributed by atoms with Gasteiger partial charge >= 0.3 is 5.97 Å². The number of halogens is 1. The fourth-order valence-electron chi connectivity index (χ4n) is 3.66. The molecule has 0 saturated heterocycles. The molecule has 6 nitrogen and oxygen atoms in total. The van der Waals surface area contributed by atoms with Crippen LogP contribution in [0.25, 0.3) is 10.9 Å². The number of pyridine rings is 1. The van der Waals surface area contributed by atoms with Crippen LogP contribution in [0.15, 0.2) is 48.5 Å². The molecule has 154 valence electrons. The van der Waals surface area contributed by atoms with E-state index in [0.29, 0.717) is 23.7 Å². The molecular formula is C23H22ClN3O3. The molecule has 3 aromatic rings. The van der Waals surface area contributed by atoms with E-state index in [1.165, 1.54) is 0 Å². The topological polar surface area (TPSA) is 71.5 Å². The Balaban J connectivity index is 1.49. The van der Waals surface area contributed by atoms with Crippen molar-refractivity contribution in [3.8, 4) is 0 Å². The maximum Gasteiger partial charge on any atom is 0.339 e. The fraction of sp³-hybridized carbons (Fsp3) is 0.261. The summed E-state index contributed by atoms with van der Waals surface area (Å²) in [7, 11) is 2.01. The van der Waals surface area contributed by atoms with Gasteiger partial charge in [0.15, 0.2) is 6.61 Å². The lowest BCUT2D eigenvalue weighted by molar-refractivity contribution is -0.124. The van der Waals surface area contributed by atoms with Gasteiger partial charge in [0.05, 0.1) is 11.1 Å². The summed E-state index contributed by atoms with van der Waals surface area (Å²) in [6.45, 7) is 1.48. The van der Waals surface area contributed by atoms with Crippen molar-refractivity contribution in [2.75, 3.05) is 20.2 Å². The molecule has 0 bridgehead atoms. The predicted octanol–water partition coefficient (Wildman–Crippen LogP) is 3.35. The number of ether oxygens (including phenoxy) is 1. The second kappa shape index (κ2) is 8.81. The number of likely N-dealkylation sites (N-methyl/N-ethyl adjacent to an activating group) is 1. The molecule has 0 unspecified atom stereocenters. The monoisotopic (exact) mass is 423 g/mol. The van der Waals surface area contributed by atoms with Crippen molar-refractivity contribution in [2.45, 2.75) is 19.5 Å². The van der Waals surface area contributed by atoms with Gasteiger partial charge in [-0.2, -0.15) is 0 Å². The molecule has 0 aliphatic carbocycles. The molecule has 0 fully saturated rings. The number of hydrogen-bond acceptors (Lipinski definition) is 5. The standard InChI is InChI=1S/C23H22ClN3O3/c1-27-10-9-20-18(13-27)22(17-7-2-3-8-19(17)26-20)23(29)30-14-21(28)25-12-15-5-4-6-16(24)11-15/h2-8,11H,9-10,12-14H2,1H3,(H,25,28). The SMILES string of the molecule is CN1CCc2nc3ccccc3c(C(=O)OCC(=O)NCc3cccc(Cl)c3)c2C1. The van der Waals surface area contributed by atoms with E-state index >= 15 is 0 Å². The third-order valence-corrected chi connectivity index (χ3v) is 5.39. The van der Waals surface area contributed by atoms with Crippen molar-refractivity contribution in [1.29, 1.82) is 0 Å². The highest BCUT2D eigenvalue weighted by Gasteiger charge is 2.25. The summed E-state index contributed by atoms with van der Waals surface area (Å²) in [5.41, 5.74) is 3.94. The van der Waals surface area contributed by atoms with Gasteiger partial charge in [0.1, 0.15) is 0 Å². The van der Waals surface area contributed by atoms with E-state index in [4.69, 9.17) is 21.3 Å². The highest BCUT2D eigenvalue weighted by Crippen LogP contribution is 2.28. The normalized spacial score (nSPS) is 13.7. The number of hydrogen-bond donors (Lipinski definition) is 1. The minimum atomic E-state index is -0.502. The van der Waals surface area contributed by atoms with Crippen LogP contribution in [0, 0.1) is 0 Å². The van der Waals surface area contributed by atoms with Crippen LogP contribution in [0.2, 0.25) is 5.02 Å². The summed E-state index contributed by atoms with van der Waals surface area (Å²) in [5.74, 6) is -0.870. The number of aromatic nitrogens is 1. The number of amides is 1. The summed E-state index contributed by atoms with van der Waals surface area (Å²) < 4.78 is 5.39. The minimum Gasteiger partial charge on any atom is -0.452 e. The van der Waals surface area contributed by atoms with E-state index in [1.807, 2.05) is 43.4 Å². The number of fused-ring (bicyclic) bond motifs is 2. The van der Waals surface area contributed by atoms with Gasteiger partial charge in [0.2, 0.25) is 0 Å². The lowest BCUT2D eigenvalue weighted by atomic mass is 9.96. The van der Waals surface area contributed by atoms with Gasteiger partial charge in [0, 0.05) is 47.7 Å². The first-order valence-electron chi connectivity index (χ1n) is 9.78. The Hall–Kier alpha value is -2.96. The molecule has 2 aromatic carbocycles. The molecule has 30 heavy (non-hydrogen) atoms. The van der Waals surface area contributed by atoms with Gasteiger partial charge in [0.25, 0.3) is 5.91 Å². The molecule has 0 radical (unpaired) electrons. The number of nitrogens with one attached hydrogen (secondary N) is 1. The molecule has 2 heterocycles. The van der Waals surface area contributed by atoms with E-state index in [-0.39, 0.29) is 12.5 Å². The van der Waals surface area contributed by atoms with Gasteiger partial charge in [-0.05, 0) is 30.8 Å². The number of carbonyl (C=O) groups is 2. The molecule has 4 rings (SSSR count). The smallest absolute Gasteiger partial charge is 0.339 e. The molecule has 0 atom stereocenters. The second-order valence-corrected chi connectivity index (χ2v) is 7.84. The first-order chi connectivity index (χ1) is 14.5. The Morgan fingerprint density at radius 1 is 1.20 bits per heavy atom. The largest absolute Gasteiger partial charge is 0.452 e. The van der Waals surface area contributed by atoms with Crippen molar-refractivity contribution in [3.63, 3.8) is 0 Å². The Morgan fingerprint density at radius 2 is 2.03 bits per heavy atom. The van der Waals surface area contributed by atoms with Crippen LogP contribution < -0.4 is 5.32 Å². The summed E-state index contributed by atoms with van der Waals surface area (Å²) in [4.78, 5) is 32.1. The van der Waals surface area contributed by atoms with Crippen LogP contribution in [-0.2, 0) is 29.0 Å². The number of carbonyl (C=O) groups excluding carboxylic acids is 2. The Morgan fingerprint density at radius 3 is 2.87 bits per heavy atom. The molecule has 7 heteroatoms. The molecule has 0 spiro atoms. The fourth-order valence-corrected chi connectivity index (χ4v) is 3.87. The first kappa shape index (κ1) is 20.3. The van der Waals surface area contributed by atoms with Gasteiger partial charge in [-0.25, -0.2) is 4.79 Å². The van der Waals surface area contributed by atoms with E-state index < -0.39 is 5.97 Å². The molecule has 0 saturated carbocycles. The summed E-state index contributed by atoms with van der Waals surface area (Å²) in [6.07, 6.45) is 0.775. The van der Waals surface area contributed by atoms with Crippen LogP contribution in [0.4, 0.5) is 0 Å². The Kier molecular flexibility index (Phi) is 5.97. The maximum atomic E-state index is 13.0. The minimum absolute atomic E-state index is 0.315. The molecule has 1 amide bonds. The highest BCUT2D eigenvalue weighted by atomic mass is 35.5. The highest BCUT2D eigenvalue weighted by molar-refractivity contribution is 6.30. The van der Waals surface area contributed by atoms with Crippen LogP contribution in [-0.4, -0.2) is 42.0 Å². The average molecular weight is 424 g/mol. The van der Waals surface area contributed by atoms with Gasteiger partial charge < -0.3 is 15.0 Å². The van der Waals surface area contributed by atoms with Gasteiger partial charge in [-0.15, -0.1) is 0 Å². The van der Waals surface area contributed by atoms with Crippen LogP contribution in [0.5, 0.6) is 0 Å². The molecular weight excluding hydrogens is 402 g/mol. The quantitative estimate of drug-likeness (QED) is 0.637. The number of esters is 1. The number of para-hydroxylation sites is 1. The van der Waals surface area contributed by atoms with Gasteiger partial charge in [-0.3, -0.25) is 9.78 Å². The zero-order valence-electron chi connectivity index (χ0n) is 16.7. The summed E-state index contributed by atoms with van der Waals surface area (Å²) in [5, 5.41) is 4.09. The van der Waals surface area contributed by atoms with E-state index in [2.05, 4.69) is 10.2 Å². The lowest BCUT2D eigenvalue weighted by Crippen LogP contribution is -2.31. The molecule has 1 N–H and O–H groups in total. The molecule has 1 aliphatic heterocycles. The van der Waals surface area contributed by atoms with Gasteiger partial charge in [-0.1, -0.05) is 41.9 Å². The van der Waals surface area contributed by atoms with Crippen molar-refractivity contribution in [1.82, 2.24) is 15.2 Å². The van der Waals surface area contributed by atoms with Crippen molar-refractivity contribution in [2.24, 2.45) is 0 Å². The number of nitrogens with zero attached hydrogens (tertiary/aromatic N) is 2. The lowest BCUT2D eigenvalue weighted by Gasteiger charge is -2.26. The number of benzene rings is 2. The third kappa shape index (κ3) is 4.45. The third-order valence-electron chi connectivity index (χ3n) is 5.15. The maximum absolute atomic E-state index is 13.0. The van der Waals surface area contributed by atoms with Crippen LogP contribution in [0.3, 0.4) is 0 Å². The van der Waals surface area contributed by atoms with Crippen molar-refractivity contribution < 1.29 is 14.3 Å². The first-order valence-corrected chi connectivity index (χ1v) is 10.2. The summed E-state index contributed by atoms with van der Waals surface area (Å²) in [6, 6.07) is 14.8. The predicted molar refractivity (Wildman–Crippen MR) is 115 cm³/mol. The average Bonchev–Trinajstić information content (AvgIpc) is 2.74.